The monoisotopic (exact) mass is 299 g/mol. The SMILES string of the molecule is C[C@@H](N)[C@H](Cc1ccc(Cl)cc1)n1ncc2ccccc21. The highest BCUT2D eigenvalue weighted by Gasteiger charge is 2.19. The van der Waals surface area contributed by atoms with E-state index in [0.717, 1.165) is 22.3 Å². The first-order chi connectivity index (χ1) is 10.1. The lowest BCUT2D eigenvalue weighted by molar-refractivity contribution is 0.402. The van der Waals surface area contributed by atoms with Crippen LogP contribution < -0.4 is 5.73 Å². The quantitative estimate of drug-likeness (QED) is 0.796. The number of hydrogen-bond acceptors (Lipinski definition) is 2. The van der Waals surface area contributed by atoms with Gasteiger partial charge in [0.05, 0.1) is 17.8 Å². The van der Waals surface area contributed by atoms with Gasteiger partial charge in [0.2, 0.25) is 0 Å². The maximum absolute atomic E-state index is 6.21. The zero-order chi connectivity index (χ0) is 14.8. The van der Waals surface area contributed by atoms with Crippen LogP contribution in [-0.2, 0) is 6.42 Å². The summed E-state index contributed by atoms with van der Waals surface area (Å²) in [6.07, 6.45) is 2.73. The molecule has 3 aromatic rings. The van der Waals surface area contributed by atoms with Gasteiger partial charge in [0.1, 0.15) is 0 Å². The Morgan fingerprint density at radius 3 is 2.57 bits per heavy atom. The molecule has 2 atom stereocenters. The van der Waals surface area contributed by atoms with Gasteiger partial charge in [0.15, 0.2) is 0 Å². The van der Waals surface area contributed by atoms with Crippen molar-refractivity contribution in [3.8, 4) is 0 Å². The largest absolute Gasteiger partial charge is 0.326 e. The van der Waals surface area contributed by atoms with Crippen LogP contribution in [0.3, 0.4) is 0 Å². The van der Waals surface area contributed by atoms with Gasteiger partial charge in [-0.2, -0.15) is 5.10 Å². The Bertz CT molecular complexity index is 731. The van der Waals surface area contributed by atoms with E-state index >= 15 is 0 Å². The third kappa shape index (κ3) is 2.94. The second-order valence-electron chi connectivity index (χ2n) is 5.41. The summed E-state index contributed by atoms with van der Waals surface area (Å²) < 4.78 is 2.04. The van der Waals surface area contributed by atoms with E-state index < -0.39 is 0 Å². The van der Waals surface area contributed by atoms with Crippen LogP contribution in [-0.4, -0.2) is 15.8 Å². The molecule has 21 heavy (non-hydrogen) atoms. The van der Waals surface area contributed by atoms with Gasteiger partial charge in [-0.15, -0.1) is 0 Å². The van der Waals surface area contributed by atoms with Crippen LogP contribution in [0.5, 0.6) is 0 Å². The molecule has 0 aliphatic rings. The highest BCUT2D eigenvalue weighted by atomic mass is 35.5. The summed E-state index contributed by atoms with van der Waals surface area (Å²) in [7, 11) is 0. The Balaban J connectivity index is 1.96. The normalized spacial score (nSPS) is 14.2. The van der Waals surface area contributed by atoms with Crippen molar-refractivity contribution in [3.05, 3.63) is 65.3 Å². The van der Waals surface area contributed by atoms with Gasteiger partial charge in [0, 0.05) is 16.5 Å². The zero-order valence-corrected chi connectivity index (χ0v) is 12.7. The van der Waals surface area contributed by atoms with Crippen molar-refractivity contribution in [2.75, 3.05) is 0 Å². The second kappa shape index (κ2) is 5.88. The second-order valence-corrected chi connectivity index (χ2v) is 5.84. The molecule has 0 aliphatic heterocycles. The fraction of sp³-hybridized carbons (Fsp3) is 0.235. The number of nitrogens with two attached hydrogens (primary N) is 1. The molecule has 2 aromatic carbocycles. The Morgan fingerprint density at radius 2 is 1.86 bits per heavy atom. The molecule has 0 fully saturated rings. The average molecular weight is 300 g/mol. The number of para-hydroxylation sites is 1. The summed E-state index contributed by atoms with van der Waals surface area (Å²) in [5.74, 6) is 0. The minimum absolute atomic E-state index is 0.00369. The Kier molecular flexibility index (Phi) is 3.95. The number of aromatic nitrogens is 2. The summed E-state index contributed by atoms with van der Waals surface area (Å²) in [5.41, 5.74) is 8.54. The Labute approximate surface area is 129 Å². The number of halogens is 1. The average Bonchev–Trinajstić information content (AvgIpc) is 2.90. The number of nitrogens with zero attached hydrogens (tertiary/aromatic N) is 2. The van der Waals surface area contributed by atoms with Gasteiger partial charge >= 0.3 is 0 Å². The molecule has 4 heteroatoms. The van der Waals surface area contributed by atoms with Crippen molar-refractivity contribution in [1.29, 1.82) is 0 Å². The molecular weight excluding hydrogens is 282 g/mol. The van der Waals surface area contributed by atoms with Crippen LogP contribution in [0.25, 0.3) is 10.9 Å². The van der Waals surface area contributed by atoms with Crippen molar-refractivity contribution in [2.45, 2.75) is 25.4 Å². The van der Waals surface area contributed by atoms with E-state index in [9.17, 15) is 0 Å². The third-order valence-electron chi connectivity index (χ3n) is 3.78. The lowest BCUT2D eigenvalue weighted by atomic mass is 10.0. The first kappa shape index (κ1) is 14.1. The summed E-state index contributed by atoms with van der Waals surface area (Å²) in [6.45, 7) is 2.02. The summed E-state index contributed by atoms with van der Waals surface area (Å²) >= 11 is 5.95. The van der Waals surface area contributed by atoms with Gasteiger partial charge < -0.3 is 5.73 Å². The highest BCUT2D eigenvalue weighted by Crippen LogP contribution is 2.23. The van der Waals surface area contributed by atoms with Crippen LogP contribution in [0, 0.1) is 0 Å². The van der Waals surface area contributed by atoms with Gasteiger partial charge in [-0.1, -0.05) is 41.9 Å². The van der Waals surface area contributed by atoms with E-state index in [1.807, 2.05) is 54.2 Å². The van der Waals surface area contributed by atoms with Crippen molar-refractivity contribution >= 4 is 22.5 Å². The zero-order valence-electron chi connectivity index (χ0n) is 11.9. The molecule has 2 N–H and O–H groups in total. The van der Waals surface area contributed by atoms with Gasteiger partial charge in [-0.25, -0.2) is 0 Å². The summed E-state index contributed by atoms with van der Waals surface area (Å²) in [4.78, 5) is 0. The molecule has 0 unspecified atom stereocenters. The minimum atomic E-state index is 0.00369. The lowest BCUT2D eigenvalue weighted by Crippen LogP contribution is -2.31. The molecular formula is C17H18ClN3. The number of benzene rings is 2. The molecule has 1 heterocycles. The minimum Gasteiger partial charge on any atom is -0.326 e. The van der Waals surface area contributed by atoms with Crippen LogP contribution >= 0.6 is 11.6 Å². The van der Waals surface area contributed by atoms with Crippen molar-refractivity contribution in [1.82, 2.24) is 9.78 Å². The smallest absolute Gasteiger partial charge is 0.0714 e. The third-order valence-corrected chi connectivity index (χ3v) is 4.04. The van der Waals surface area contributed by atoms with Crippen molar-refractivity contribution in [2.24, 2.45) is 5.73 Å². The van der Waals surface area contributed by atoms with E-state index in [4.69, 9.17) is 17.3 Å². The van der Waals surface area contributed by atoms with Crippen LogP contribution in [0.4, 0.5) is 0 Å². The van der Waals surface area contributed by atoms with Crippen LogP contribution in [0.2, 0.25) is 5.02 Å². The highest BCUT2D eigenvalue weighted by molar-refractivity contribution is 6.30. The lowest BCUT2D eigenvalue weighted by Gasteiger charge is -2.22. The predicted molar refractivity (Wildman–Crippen MR) is 87.6 cm³/mol. The molecule has 108 valence electrons. The van der Waals surface area contributed by atoms with Crippen LogP contribution in [0.1, 0.15) is 18.5 Å². The number of hydrogen-bond donors (Lipinski definition) is 1. The molecule has 0 bridgehead atoms. The van der Waals surface area contributed by atoms with E-state index in [0.29, 0.717) is 0 Å². The fourth-order valence-electron chi connectivity index (χ4n) is 2.61. The molecule has 0 aliphatic carbocycles. The molecule has 0 saturated carbocycles. The topological polar surface area (TPSA) is 43.8 Å². The van der Waals surface area contributed by atoms with Crippen molar-refractivity contribution < 1.29 is 0 Å². The van der Waals surface area contributed by atoms with Crippen LogP contribution in [0.15, 0.2) is 54.7 Å². The molecule has 0 amide bonds. The number of rotatable bonds is 4. The maximum atomic E-state index is 6.21. The molecule has 1 aromatic heterocycles. The van der Waals surface area contributed by atoms with E-state index in [1.54, 1.807) is 0 Å². The fourth-order valence-corrected chi connectivity index (χ4v) is 2.74. The van der Waals surface area contributed by atoms with Gasteiger partial charge in [-0.05, 0) is 37.1 Å². The Morgan fingerprint density at radius 1 is 1.14 bits per heavy atom. The maximum Gasteiger partial charge on any atom is 0.0714 e. The molecule has 0 radical (unpaired) electrons. The molecule has 3 nitrogen and oxygen atoms in total. The first-order valence-corrected chi connectivity index (χ1v) is 7.45. The molecule has 0 spiro atoms. The standard InChI is InChI=1S/C17H18ClN3/c1-12(19)17(10-13-6-8-15(18)9-7-13)21-16-5-3-2-4-14(16)11-20-21/h2-9,11-12,17H,10,19H2,1H3/t12-,17+/m1/s1. The van der Waals surface area contributed by atoms with E-state index in [2.05, 4.69) is 17.2 Å². The number of fused-ring (bicyclic) bond motifs is 1. The predicted octanol–water partition coefficient (Wildman–Crippen LogP) is 3.82. The first-order valence-electron chi connectivity index (χ1n) is 7.07. The summed E-state index contributed by atoms with van der Waals surface area (Å²) in [6, 6.07) is 16.2. The van der Waals surface area contributed by atoms with E-state index in [-0.39, 0.29) is 12.1 Å². The summed E-state index contributed by atoms with van der Waals surface area (Å²) in [5, 5.41) is 6.43. The van der Waals surface area contributed by atoms with Gasteiger partial charge in [-0.3, -0.25) is 4.68 Å². The van der Waals surface area contributed by atoms with Crippen molar-refractivity contribution in [3.63, 3.8) is 0 Å². The molecule has 0 saturated heterocycles. The van der Waals surface area contributed by atoms with Gasteiger partial charge in [0.25, 0.3) is 0 Å². The molecule has 3 rings (SSSR count). The van der Waals surface area contributed by atoms with E-state index in [1.165, 1.54) is 5.56 Å². The Hall–Kier alpha value is -1.84.